The quantitative estimate of drug-likeness (QED) is 0.789. The molecule has 1 saturated heterocycles. The maximum absolute atomic E-state index is 12.7. The summed E-state index contributed by atoms with van der Waals surface area (Å²) < 4.78 is 1.98. The van der Waals surface area contributed by atoms with Crippen molar-refractivity contribution in [3.63, 3.8) is 0 Å². The molecule has 0 amide bonds. The van der Waals surface area contributed by atoms with Crippen LogP contribution in [0.4, 0.5) is 0 Å². The van der Waals surface area contributed by atoms with Crippen LogP contribution >= 0.6 is 0 Å². The third kappa shape index (κ3) is 2.76. The van der Waals surface area contributed by atoms with Crippen molar-refractivity contribution in [3.8, 4) is 11.3 Å². The number of nitrogens with zero attached hydrogens (tertiary/aromatic N) is 4. The van der Waals surface area contributed by atoms with Crippen LogP contribution in [0, 0.1) is 5.92 Å². The molecule has 2 bridgehead atoms. The molecule has 5 heterocycles. The summed E-state index contributed by atoms with van der Waals surface area (Å²) in [5, 5.41) is 7.10. The second-order valence-corrected chi connectivity index (χ2v) is 7.41. The Labute approximate surface area is 151 Å². The van der Waals surface area contributed by atoms with Crippen molar-refractivity contribution < 1.29 is 0 Å². The number of H-pyrrole nitrogens is 1. The minimum absolute atomic E-state index is 0.0971. The summed E-state index contributed by atoms with van der Waals surface area (Å²) in [7, 11) is 0. The Morgan fingerprint density at radius 1 is 1.12 bits per heavy atom. The molecule has 6 nitrogen and oxygen atoms in total. The van der Waals surface area contributed by atoms with Crippen LogP contribution in [0.5, 0.6) is 0 Å². The molecule has 0 saturated carbocycles. The lowest BCUT2D eigenvalue weighted by Gasteiger charge is -2.42. The van der Waals surface area contributed by atoms with E-state index in [4.69, 9.17) is 0 Å². The molecule has 1 N–H and O–H groups in total. The van der Waals surface area contributed by atoms with E-state index >= 15 is 0 Å². The van der Waals surface area contributed by atoms with Crippen molar-refractivity contribution in [1.82, 2.24) is 24.6 Å². The lowest BCUT2D eigenvalue weighted by Crippen LogP contribution is -2.46. The van der Waals surface area contributed by atoms with Crippen molar-refractivity contribution in [2.75, 3.05) is 13.1 Å². The fraction of sp³-hybridized carbons (Fsp3) is 0.350. The topological polar surface area (TPSA) is 66.8 Å². The number of hydrogen-bond acceptors (Lipinski definition) is 4. The predicted octanol–water partition coefficient (Wildman–Crippen LogP) is 2.25. The van der Waals surface area contributed by atoms with Crippen LogP contribution in [0.2, 0.25) is 0 Å². The molecular weight excluding hydrogens is 326 g/mol. The van der Waals surface area contributed by atoms with Crippen LogP contribution in [-0.2, 0) is 13.1 Å². The van der Waals surface area contributed by atoms with Gasteiger partial charge in [0.1, 0.15) is 0 Å². The van der Waals surface area contributed by atoms with Crippen LogP contribution < -0.4 is 5.56 Å². The SMILES string of the molecule is O=c1cc(-c2ccccn2)cc2n1C[C@H]1C[C@@H]2CN(Cc2ccn[nH]2)C1. The summed E-state index contributed by atoms with van der Waals surface area (Å²) in [4.78, 5) is 19.6. The lowest BCUT2D eigenvalue weighted by atomic mass is 9.82. The highest BCUT2D eigenvalue weighted by molar-refractivity contribution is 5.59. The van der Waals surface area contributed by atoms with Gasteiger partial charge in [-0.15, -0.1) is 0 Å². The van der Waals surface area contributed by atoms with E-state index in [0.717, 1.165) is 55.2 Å². The van der Waals surface area contributed by atoms with E-state index in [2.05, 4.69) is 26.1 Å². The molecule has 6 heteroatoms. The number of nitrogens with one attached hydrogen (secondary N) is 1. The number of aromatic nitrogens is 4. The molecule has 0 unspecified atom stereocenters. The monoisotopic (exact) mass is 347 g/mol. The van der Waals surface area contributed by atoms with Crippen LogP contribution in [0.1, 0.15) is 23.7 Å². The van der Waals surface area contributed by atoms with Crippen molar-refractivity contribution in [2.45, 2.75) is 25.4 Å². The molecular formula is C20H21N5O. The van der Waals surface area contributed by atoms with E-state index in [1.165, 1.54) is 0 Å². The van der Waals surface area contributed by atoms with E-state index in [1.807, 2.05) is 28.8 Å². The zero-order valence-electron chi connectivity index (χ0n) is 14.5. The van der Waals surface area contributed by atoms with Gasteiger partial charge in [0.05, 0.1) is 5.69 Å². The summed E-state index contributed by atoms with van der Waals surface area (Å²) in [5.41, 5.74) is 4.18. The van der Waals surface area contributed by atoms with E-state index < -0.39 is 0 Å². The number of aromatic amines is 1. The van der Waals surface area contributed by atoms with Gasteiger partial charge < -0.3 is 4.57 Å². The molecule has 1 fully saturated rings. The minimum Gasteiger partial charge on any atom is -0.312 e. The Hall–Kier alpha value is -2.73. The first kappa shape index (κ1) is 15.5. The molecule has 2 atom stereocenters. The van der Waals surface area contributed by atoms with Crippen molar-refractivity contribution in [1.29, 1.82) is 0 Å². The van der Waals surface area contributed by atoms with E-state index in [1.54, 1.807) is 18.5 Å². The molecule has 2 aliphatic heterocycles. The second kappa shape index (κ2) is 6.21. The Morgan fingerprint density at radius 3 is 2.88 bits per heavy atom. The molecule has 0 spiro atoms. The fourth-order valence-electron chi connectivity index (χ4n) is 4.48. The summed E-state index contributed by atoms with van der Waals surface area (Å²) in [6.45, 7) is 3.70. The van der Waals surface area contributed by atoms with Gasteiger partial charge in [-0.1, -0.05) is 6.07 Å². The molecule has 5 rings (SSSR count). The summed E-state index contributed by atoms with van der Waals surface area (Å²) in [6.07, 6.45) is 4.73. The second-order valence-electron chi connectivity index (χ2n) is 7.41. The average molecular weight is 347 g/mol. The number of rotatable bonds is 3. The average Bonchev–Trinajstić information content (AvgIpc) is 3.16. The van der Waals surface area contributed by atoms with Crippen LogP contribution in [0.15, 0.2) is 53.6 Å². The normalized spacial score (nSPS) is 22.2. The summed E-state index contributed by atoms with van der Waals surface area (Å²) in [6, 6.07) is 11.8. The van der Waals surface area contributed by atoms with Gasteiger partial charge in [-0.05, 0) is 36.6 Å². The number of hydrogen-bond donors (Lipinski definition) is 1. The zero-order chi connectivity index (χ0) is 17.5. The summed E-state index contributed by atoms with van der Waals surface area (Å²) in [5.74, 6) is 0.921. The third-order valence-electron chi connectivity index (χ3n) is 5.54. The molecule has 0 aliphatic carbocycles. The summed E-state index contributed by atoms with van der Waals surface area (Å²) >= 11 is 0. The highest BCUT2D eigenvalue weighted by atomic mass is 16.1. The smallest absolute Gasteiger partial charge is 0.251 e. The Bertz CT molecular complexity index is 964. The largest absolute Gasteiger partial charge is 0.312 e. The maximum Gasteiger partial charge on any atom is 0.251 e. The molecule has 2 aliphatic rings. The van der Waals surface area contributed by atoms with Gasteiger partial charge in [0.25, 0.3) is 5.56 Å². The first-order valence-electron chi connectivity index (χ1n) is 9.13. The number of pyridine rings is 2. The van der Waals surface area contributed by atoms with Gasteiger partial charge >= 0.3 is 0 Å². The van der Waals surface area contributed by atoms with Gasteiger partial charge in [-0.25, -0.2) is 0 Å². The molecule has 0 aromatic carbocycles. The molecule has 0 radical (unpaired) electrons. The highest BCUT2D eigenvalue weighted by Gasteiger charge is 2.35. The predicted molar refractivity (Wildman–Crippen MR) is 98.6 cm³/mol. The fourth-order valence-corrected chi connectivity index (χ4v) is 4.48. The molecule has 3 aromatic heterocycles. The lowest BCUT2D eigenvalue weighted by molar-refractivity contribution is 0.113. The van der Waals surface area contributed by atoms with E-state index in [9.17, 15) is 4.79 Å². The van der Waals surface area contributed by atoms with Crippen molar-refractivity contribution in [3.05, 3.63) is 70.5 Å². The van der Waals surface area contributed by atoms with Gasteiger partial charge in [0, 0.05) is 67.5 Å². The standard InChI is InChI=1S/C20H21N5O/c26-20-9-15(18-3-1-2-5-21-18)8-19-16-7-14(11-25(19)20)10-24(12-16)13-17-4-6-22-23-17/h1-6,8-9,14,16H,7,10-13H2,(H,22,23)/t14-,16+/m0/s1. The molecule has 26 heavy (non-hydrogen) atoms. The highest BCUT2D eigenvalue weighted by Crippen LogP contribution is 2.36. The first-order chi connectivity index (χ1) is 12.8. The Kier molecular flexibility index (Phi) is 3.71. The minimum atomic E-state index is 0.0971. The van der Waals surface area contributed by atoms with Gasteiger partial charge in [-0.3, -0.25) is 19.8 Å². The maximum atomic E-state index is 12.7. The van der Waals surface area contributed by atoms with Crippen LogP contribution in [0.3, 0.4) is 0 Å². The van der Waals surface area contributed by atoms with E-state index in [0.29, 0.717) is 11.8 Å². The Balaban J connectivity index is 1.48. The van der Waals surface area contributed by atoms with Crippen molar-refractivity contribution in [2.24, 2.45) is 5.92 Å². The van der Waals surface area contributed by atoms with Gasteiger partial charge in [0.15, 0.2) is 0 Å². The van der Waals surface area contributed by atoms with Crippen molar-refractivity contribution >= 4 is 0 Å². The molecule has 3 aromatic rings. The van der Waals surface area contributed by atoms with Gasteiger partial charge in [0.2, 0.25) is 0 Å². The first-order valence-corrected chi connectivity index (χ1v) is 9.13. The van der Waals surface area contributed by atoms with Crippen LogP contribution in [-0.4, -0.2) is 37.7 Å². The number of fused-ring (bicyclic) bond motifs is 4. The third-order valence-corrected chi connectivity index (χ3v) is 5.54. The molecule has 132 valence electrons. The van der Waals surface area contributed by atoms with Gasteiger partial charge in [-0.2, -0.15) is 5.10 Å². The number of likely N-dealkylation sites (tertiary alicyclic amines) is 1. The zero-order valence-corrected chi connectivity index (χ0v) is 14.5. The van der Waals surface area contributed by atoms with Crippen LogP contribution in [0.25, 0.3) is 11.3 Å². The number of piperidine rings is 1. The van der Waals surface area contributed by atoms with E-state index in [-0.39, 0.29) is 5.56 Å². The Morgan fingerprint density at radius 2 is 2.08 bits per heavy atom.